The lowest BCUT2D eigenvalue weighted by molar-refractivity contribution is 0.0951. The van der Waals surface area contributed by atoms with Gasteiger partial charge in [0, 0.05) is 44.8 Å². The Kier molecular flexibility index (Phi) is 8.21. The first-order valence-corrected chi connectivity index (χ1v) is 11.4. The normalized spacial score (nSPS) is 10.6. The molecule has 0 atom stereocenters. The Morgan fingerprint density at radius 3 is 2.41 bits per heavy atom. The zero-order valence-corrected chi connectivity index (χ0v) is 19.0. The van der Waals surface area contributed by atoms with E-state index in [0.29, 0.717) is 37.0 Å². The van der Waals surface area contributed by atoms with Crippen LogP contribution in [0.15, 0.2) is 85.6 Å². The minimum absolute atomic E-state index is 0.210. The Balaban J connectivity index is 1.39. The molecule has 0 unspecified atom stereocenters. The van der Waals surface area contributed by atoms with Gasteiger partial charge in [-0.15, -0.1) is 0 Å². The highest BCUT2D eigenvalue weighted by Crippen LogP contribution is 2.15. The van der Waals surface area contributed by atoms with Gasteiger partial charge in [-0.1, -0.05) is 60.7 Å². The molecule has 0 bridgehead atoms. The predicted molar refractivity (Wildman–Crippen MR) is 134 cm³/mol. The second-order valence-corrected chi connectivity index (χ2v) is 7.87. The molecule has 1 amide bonds. The highest BCUT2D eigenvalue weighted by atomic mass is 16.1. The number of anilines is 2. The predicted octanol–water partition coefficient (Wildman–Crippen LogP) is 3.76. The van der Waals surface area contributed by atoms with E-state index in [9.17, 15) is 4.79 Å². The summed E-state index contributed by atoms with van der Waals surface area (Å²) in [5.41, 5.74) is 2.68. The van der Waals surface area contributed by atoms with E-state index in [1.807, 2.05) is 59.3 Å². The fraction of sp³-hybridized carbons (Fsp3) is 0.231. The zero-order chi connectivity index (χ0) is 23.4. The summed E-state index contributed by atoms with van der Waals surface area (Å²) in [4.78, 5) is 25.9. The van der Waals surface area contributed by atoms with Gasteiger partial charge in [0.25, 0.3) is 5.91 Å². The first-order chi connectivity index (χ1) is 16.8. The van der Waals surface area contributed by atoms with Gasteiger partial charge in [-0.3, -0.25) is 4.79 Å². The lowest BCUT2D eigenvalue weighted by Crippen LogP contribution is -2.25. The van der Waals surface area contributed by atoms with E-state index in [1.54, 1.807) is 18.7 Å². The maximum absolute atomic E-state index is 12.9. The van der Waals surface area contributed by atoms with Crippen molar-refractivity contribution in [2.45, 2.75) is 25.9 Å². The van der Waals surface area contributed by atoms with Crippen molar-refractivity contribution in [3.63, 3.8) is 0 Å². The second kappa shape index (κ2) is 12.2. The molecule has 2 aromatic heterocycles. The van der Waals surface area contributed by atoms with E-state index in [4.69, 9.17) is 0 Å². The first-order valence-electron chi connectivity index (χ1n) is 11.4. The van der Waals surface area contributed by atoms with Gasteiger partial charge in [0.15, 0.2) is 0 Å². The minimum atomic E-state index is -0.210. The van der Waals surface area contributed by atoms with Crippen molar-refractivity contribution in [3.8, 4) is 0 Å². The Hall–Kier alpha value is -4.20. The number of nitrogens with one attached hydrogen (secondary N) is 3. The smallest absolute Gasteiger partial charge is 0.256 e. The summed E-state index contributed by atoms with van der Waals surface area (Å²) >= 11 is 0. The van der Waals surface area contributed by atoms with Gasteiger partial charge >= 0.3 is 0 Å². The Morgan fingerprint density at radius 1 is 0.912 bits per heavy atom. The number of benzene rings is 2. The zero-order valence-electron chi connectivity index (χ0n) is 19.0. The van der Waals surface area contributed by atoms with Crippen LogP contribution in [0.3, 0.4) is 0 Å². The van der Waals surface area contributed by atoms with Crippen LogP contribution in [-0.4, -0.2) is 38.5 Å². The van der Waals surface area contributed by atoms with Crippen molar-refractivity contribution in [2.24, 2.45) is 0 Å². The van der Waals surface area contributed by atoms with Crippen molar-refractivity contribution in [3.05, 3.63) is 102 Å². The molecule has 174 valence electrons. The summed E-state index contributed by atoms with van der Waals surface area (Å²) in [6.45, 7) is 2.66. The van der Waals surface area contributed by atoms with E-state index < -0.39 is 0 Å². The van der Waals surface area contributed by atoms with Crippen LogP contribution in [0.5, 0.6) is 0 Å². The number of hydrogen-bond acceptors (Lipinski definition) is 6. The maximum atomic E-state index is 12.9. The third-order valence-corrected chi connectivity index (χ3v) is 5.31. The van der Waals surface area contributed by atoms with Gasteiger partial charge < -0.3 is 20.5 Å². The number of aryl methyl sites for hydroxylation is 1. The van der Waals surface area contributed by atoms with E-state index in [0.717, 1.165) is 24.9 Å². The molecule has 0 radical (unpaired) electrons. The van der Waals surface area contributed by atoms with E-state index in [-0.39, 0.29) is 5.91 Å². The number of aromatic nitrogens is 4. The number of amides is 1. The quantitative estimate of drug-likeness (QED) is 0.282. The molecule has 2 heterocycles. The molecule has 0 saturated carbocycles. The number of rotatable bonds is 12. The molecule has 8 heteroatoms. The number of imidazole rings is 1. The molecule has 0 spiro atoms. The average molecular weight is 456 g/mol. The molecular weight excluding hydrogens is 426 g/mol. The molecule has 0 fully saturated rings. The summed E-state index contributed by atoms with van der Waals surface area (Å²) < 4.78 is 2.03. The number of nitrogens with zero attached hydrogens (tertiary/aromatic N) is 4. The van der Waals surface area contributed by atoms with Crippen LogP contribution in [-0.2, 0) is 19.5 Å². The van der Waals surface area contributed by atoms with Gasteiger partial charge in [0.2, 0.25) is 5.95 Å². The monoisotopic (exact) mass is 455 g/mol. The van der Waals surface area contributed by atoms with E-state index >= 15 is 0 Å². The largest absolute Gasteiger partial charge is 0.369 e. The molecule has 4 aromatic rings. The van der Waals surface area contributed by atoms with Gasteiger partial charge in [-0.2, -0.15) is 4.98 Å². The summed E-state index contributed by atoms with van der Waals surface area (Å²) in [5, 5.41) is 9.54. The van der Waals surface area contributed by atoms with Crippen LogP contribution in [0.25, 0.3) is 0 Å². The molecule has 0 aliphatic heterocycles. The summed E-state index contributed by atoms with van der Waals surface area (Å²) in [7, 11) is 0. The summed E-state index contributed by atoms with van der Waals surface area (Å²) in [6.07, 6.45) is 8.81. The number of carbonyl (C=O) groups is 1. The summed E-state index contributed by atoms with van der Waals surface area (Å²) in [6, 6.07) is 20.0. The third kappa shape index (κ3) is 6.90. The summed E-state index contributed by atoms with van der Waals surface area (Å²) in [5.74, 6) is 0.804. The molecule has 4 rings (SSSR count). The van der Waals surface area contributed by atoms with Crippen LogP contribution < -0.4 is 16.0 Å². The molecule has 0 saturated heterocycles. The Labute approximate surface area is 199 Å². The van der Waals surface area contributed by atoms with Crippen molar-refractivity contribution < 1.29 is 4.79 Å². The van der Waals surface area contributed by atoms with Crippen LogP contribution in [0.2, 0.25) is 0 Å². The van der Waals surface area contributed by atoms with E-state index in [2.05, 4.69) is 43.0 Å². The average Bonchev–Trinajstić information content (AvgIpc) is 3.40. The van der Waals surface area contributed by atoms with Crippen molar-refractivity contribution in [1.82, 2.24) is 24.8 Å². The second-order valence-electron chi connectivity index (χ2n) is 7.87. The number of hydrogen-bond donors (Lipinski definition) is 3. The van der Waals surface area contributed by atoms with Gasteiger partial charge in [-0.05, 0) is 24.0 Å². The molecular formula is C26H29N7O. The lowest BCUT2D eigenvalue weighted by atomic mass is 10.1. The molecule has 34 heavy (non-hydrogen) atoms. The molecule has 8 nitrogen and oxygen atoms in total. The highest BCUT2D eigenvalue weighted by Gasteiger charge is 2.15. The van der Waals surface area contributed by atoms with Gasteiger partial charge in [0.1, 0.15) is 11.4 Å². The molecule has 3 N–H and O–H groups in total. The fourth-order valence-electron chi connectivity index (χ4n) is 3.49. The third-order valence-electron chi connectivity index (χ3n) is 5.31. The van der Waals surface area contributed by atoms with Gasteiger partial charge in [-0.25, -0.2) is 9.97 Å². The topological polar surface area (TPSA) is 96.8 Å². The van der Waals surface area contributed by atoms with E-state index in [1.165, 1.54) is 5.56 Å². The lowest BCUT2D eigenvalue weighted by Gasteiger charge is -2.13. The van der Waals surface area contributed by atoms with Gasteiger partial charge in [0.05, 0.1) is 6.33 Å². The Morgan fingerprint density at radius 2 is 1.68 bits per heavy atom. The standard InChI is InChI=1S/C26H29N7O/c34-25(30-18-22-10-5-2-6-11-22)23-19-31-26(29-13-7-16-33-17-15-27-20-33)32-24(23)28-14-12-21-8-3-1-4-9-21/h1-6,8-11,15,17,19-20H,7,12-14,16,18H2,(H,30,34)(H2,28,29,31,32). The fourth-order valence-corrected chi connectivity index (χ4v) is 3.49. The van der Waals surface area contributed by atoms with Crippen molar-refractivity contribution in [2.75, 3.05) is 23.7 Å². The van der Waals surface area contributed by atoms with Crippen molar-refractivity contribution >= 4 is 17.7 Å². The van der Waals surface area contributed by atoms with Crippen LogP contribution in [0, 0.1) is 0 Å². The van der Waals surface area contributed by atoms with Crippen molar-refractivity contribution in [1.29, 1.82) is 0 Å². The molecule has 0 aliphatic rings. The first kappa shape index (κ1) is 23.0. The molecule has 2 aromatic carbocycles. The van der Waals surface area contributed by atoms with Crippen LogP contribution in [0.1, 0.15) is 27.9 Å². The SMILES string of the molecule is O=C(NCc1ccccc1)c1cnc(NCCCn2ccnc2)nc1NCCc1ccccc1. The Bertz CT molecular complexity index is 1150. The van der Waals surface area contributed by atoms with Crippen LogP contribution >= 0.6 is 0 Å². The number of carbonyl (C=O) groups excluding carboxylic acids is 1. The maximum Gasteiger partial charge on any atom is 0.256 e. The minimum Gasteiger partial charge on any atom is -0.369 e. The molecule has 0 aliphatic carbocycles. The van der Waals surface area contributed by atoms with Crippen LogP contribution in [0.4, 0.5) is 11.8 Å². The highest BCUT2D eigenvalue weighted by molar-refractivity contribution is 5.98.